The third-order valence-electron chi connectivity index (χ3n) is 2.72. The summed E-state index contributed by atoms with van der Waals surface area (Å²) in [5.74, 6) is 0.0195. The van der Waals surface area contributed by atoms with Gasteiger partial charge in [-0.15, -0.1) is 0 Å². The minimum Gasteiger partial charge on any atom is -0.368 e. The molecule has 0 radical (unpaired) electrons. The van der Waals surface area contributed by atoms with Gasteiger partial charge in [0.15, 0.2) is 0 Å². The Kier molecular flexibility index (Phi) is 3.26. The van der Waals surface area contributed by atoms with Gasteiger partial charge in [0, 0.05) is 6.54 Å². The van der Waals surface area contributed by atoms with Crippen molar-refractivity contribution < 1.29 is 4.79 Å². The number of hydrogen-bond donors (Lipinski definition) is 2. The lowest BCUT2D eigenvalue weighted by Crippen LogP contribution is -2.40. The highest BCUT2D eigenvalue weighted by Crippen LogP contribution is 2.16. The topological polar surface area (TPSA) is 111 Å². The number of hydrogen-bond acceptors (Lipinski definition) is 4. The Morgan fingerprint density at radius 1 is 1.50 bits per heavy atom. The average molecular weight is 243 g/mol. The largest absolute Gasteiger partial charge is 0.368 e. The molecule has 0 spiro atoms. The van der Waals surface area contributed by atoms with Crippen LogP contribution in [0.5, 0.6) is 0 Å². The summed E-state index contributed by atoms with van der Waals surface area (Å²) in [4.78, 5) is 15.4. The van der Waals surface area contributed by atoms with Gasteiger partial charge in [0.2, 0.25) is 5.91 Å². The number of primary amides is 1. The van der Waals surface area contributed by atoms with Crippen LogP contribution in [0.15, 0.2) is 24.3 Å². The molecule has 0 fully saturated rings. The normalized spacial score (nSPS) is 12.2. The molecule has 18 heavy (non-hydrogen) atoms. The van der Waals surface area contributed by atoms with Crippen molar-refractivity contribution in [3.8, 4) is 6.07 Å². The number of rotatable bonds is 4. The van der Waals surface area contributed by atoms with Gasteiger partial charge in [-0.25, -0.2) is 4.98 Å². The molecule has 2 rings (SSSR count). The highest BCUT2D eigenvalue weighted by atomic mass is 16.1. The average Bonchev–Trinajstić information content (AvgIpc) is 2.68. The van der Waals surface area contributed by atoms with Crippen molar-refractivity contribution >= 4 is 16.9 Å². The number of nitriles is 1. The fourth-order valence-electron chi connectivity index (χ4n) is 1.82. The van der Waals surface area contributed by atoms with E-state index in [1.165, 1.54) is 0 Å². The van der Waals surface area contributed by atoms with Crippen molar-refractivity contribution in [2.45, 2.75) is 19.0 Å². The molecule has 92 valence electrons. The molecule has 0 saturated carbocycles. The quantitative estimate of drug-likeness (QED) is 0.781. The maximum atomic E-state index is 11.0. The van der Waals surface area contributed by atoms with Crippen LogP contribution < -0.4 is 11.5 Å². The molecule has 0 bridgehead atoms. The smallest absolute Gasteiger partial charge is 0.236 e. The highest BCUT2D eigenvalue weighted by molar-refractivity contribution is 5.80. The fraction of sp³-hybridized carbons (Fsp3) is 0.250. The van der Waals surface area contributed by atoms with Gasteiger partial charge in [-0.1, -0.05) is 12.1 Å². The summed E-state index contributed by atoms with van der Waals surface area (Å²) >= 11 is 0. The van der Waals surface area contributed by atoms with Gasteiger partial charge in [0.25, 0.3) is 0 Å². The molecule has 1 heterocycles. The molecular weight excluding hydrogens is 230 g/mol. The Balaban J connectivity index is 2.48. The van der Waals surface area contributed by atoms with E-state index in [1.54, 1.807) is 4.57 Å². The lowest BCUT2D eigenvalue weighted by molar-refractivity contribution is -0.119. The van der Waals surface area contributed by atoms with E-state index >= 15 is 0 Å². The second-order valence-corrected chi connectivity index (χ2v) is 3.97. The maximum Gasteiger partial charge on any atom is 0.236 e. The lowest BCUT2D eigenvalue weighted by atomic mass is 10.2. The maximum absolute atomic E-state index is 11.0. The first-order chi connectivity index (χ1) is 8.63. The zero-order valence-electron chi connectivity index (χ0n) is 9.71. The number of benzene rings is 1. The third-order valence-corrected chi connectivity index (χ3v) is 2.72. The number of carbonyl (C=O) groups excluding carboxylic acids is 1. The summed E-state index contributed by atoms with van der Waals surface area (Å²) in [7, 11) is 0. The number of aromatic nitrogens is 2. The first kappa shape index (κ1) is 12.1. The number of fused-ring (bicyclic) bond motifs is 1. The summed E-state index contributed by atoms with van der Waals surface area (Å²) in [6.45, 7) is 0.229. The Bertz CT molecular complexity index is 625. The zero-order chi connectivity index (χ0) is 13.1. The van der Waals surface area contributed by atoms with Crippen LogP contribution in [-0.4, -0.2) is 21.5 Å². The van der Waals surface area contributed by atoms with Crippen LogP contribution in [0.1, 0.15) is 5.82 Å². The van der Waals surface area contributed by atoms with Gasteiger partial charge in [0.1, 0.15) is 11.9 Å². The Morgan fingerprint density at radius 2 is 2.22 bits per heavy atom. The fourth-order valence-corrected chi connectivity index (χ4v) is 1.82. The molecule has 0 aliphatic carbocycles. The number of nitrogens with zero attached hydrogens (tertiary/aromatic N) is 3. The highest BCUT2D eigenvalue weighted by Gasteiger charge is 2.15. The van der Waals surface area contributed by atoms with Crippen molar-refractivity contribution in [1.82, 2.24) is 9.55 Å². The minimum absolute atomic E-state index is 0.167. The molecule has 1 aromatic carbocycles. The third kappa shape index (κ3) is 2.17. The van der Waals surface area contributed by atoms with Crippen molar-refractivity contribution in [3.63, 3.8) is 0 Å². The molecule has 4 N–H and O–H groups in total. The first-order valence-corrected chi connectivity index (χ1v) is 5.49. The number of imidazole rings is 1. The molecule has 0 saturated heterocycles. The van der Waals surface area contributed by atoms with E-state index in [0.717, 1.165) is 11.0 Å². The second kappa shape index (κ2) is 4.85. The Morgan fingerprint density at radius 3 is 2.89 bits per heavy atom. The molecule has 1 unspecified atom stereocenters. The van der Waals surface area contributed by atoms with Crippen LogP contribution in [-0.2, 0) is 17.8 Å². The van der Waals surface area contributed by atoms with Crippen molar-refractivity contribution in [2.24, 2.45) is 11.5 Å². The van der Waals surface area contributed by atoms with E-state index in [9.17, 15) is 4.79 Å². The van der Waals surface area contributed by atoms with Crippen molar-refractivity contribution in [1.29, 1.82) is 5.26 Å². The molecule has 0 aliphatic heterocycles. The lowest BCUT2D eigenvalue weighted by Gasteiger charge is -2.11. The molecular formula is C12H13N5O. The Hall–Kier alpha value is -2.39. The van der Waals surface area contributed by atoms with Crippen LogP contribution >= 0.6 is 0 Å². The minimum atomic E-state index is -0.792. The van der Waals surface area contributed by atoms with E-state index in [4.69, 9.17) is 16.7 Å². The van der Waals surface area contributed by atoms with Gasteiger partial charge in [-0.3, -0.25) is 4.79 Å². The molecule has 1 atom stereocenters. The number of carbonyl (C=O) groups is 1. The van der Waals surface area contributed by atoms with Gasteiger partial charge in [-0.2, -0.15) is 5.26 Å². The molecule has 0 aliphatic rings. The van der Waals surface area contributed by atoms with Crippen LogP contribution in [0.3, 0.4) is 0 Å². The van der Waals surface area contributed by atoms with Crippen LogP contribution in [0.2, 0.25) is 0 Å². The predicted octanol–water partition coefficient (Wildman–Crippen LogP) is -0.0850. The van der Waals surface area contributed by atoms with Gasteiger partial charge >= 0.3 is 0 Å². The summed E-state index contributed by atoms with van der Waals surface area (Å²) in [5, 5.41) is 8.79. The molecule has 1 aromatic heterocycles. The number of amides is 1. The van der Waals surface area contributed by atoms with E-state index in [1.807, 2.05) is 30.3 Å². The molecule has 6 nitrogen and oxygen atoms in total. The second-order valence-electron chi connectivity index (χ2n) is 3.97. The predicted molar refractivity (Wildman–Crippen MR) is 66.2 cm³/mol. The van der Waals surface area contributed by atoms with E-state index in [0.29, 0.717) is 5.82 Å². The number of para-hydroxylation sites is 2. The van der Waals surface area contributed by atoms with Gasteiger partial charge in [0.05, 0.1) is 23.5 Å². The van der Waals surface area contributed by atoms with E-state index < -0.39 is 11.9 Å². The standard InChI is InChI=1S/C12H13N5O/c13-6-5-11-16-9-3-1-2-4-10(9)17(11)7-8(14)12(15)18/h1-4,8H,5,7,14H2,(H2,15,18). The monoisotopic (exact) mass is 243 g/mol. The number of nitrogens with two attached hydrogens (primary N) is 2. The summed E-state index contributed by atoms with van der Waals surface area (Å²) in [6, 6.07) is 8.71. The SMILES string of the molecule is N#CCc1nc2ccccc2n1CC(N)C(N)=O. The van der Waals surface area contributed by atoms with Gasteiger partial charge < -0.3 is 16.0 Å². The van der Waals surface area contributed by atoms with E-state index in [-0.39, 0.29) is 13.0 Å². The zero-order valence-corrected chi connectivity index (χ0v) is 9.71. The summed E-state index contributed by atoms with van der Waals surface area (Å²) in [6.07, 6.45) is 0.167. The van der Waals surface area contributed by atoms with Crippen LogP contribution in [0.25, 0.3) is 11.0 Å². The van der Waals surface area contributed by atoms with Crippen LogP contribution in [0, 0.1) is 11.3 Å². The van der Waals surface area contributed by atoms with Crippen LogP contribution in [0.4, 0.5) is 0 Å². The molecule has 2 aromatic rings. The van der Waals surface area contributed by atoms with Gasteiger partial charge in [-0.05, 0) is 12.1 Å². The Labute approximate surface area is 104 Å². The molecule has 6 heteroatoms. The summed E-state index contributed by atoms with van der Waals surface area (Å²) < 4.78 is 1.77. The van der Waals surface area contributed by atoms with E-state index in [2.05, 4.69) is 4.98 Å². The summed E-state index contributed by atoms with van der Waals surface area (Å²) in [5.41, 5.74) is 12.4. The van der Waals surface area contributed by atoms with Crippen molar-refractivity contribution in [2.75, 3.05) is 0 Å². The first-order valence-electron chi connectivity index (χ1n) is 5.49. The molecule has 1 amide bonds. The van der Waals surface area contributed by atoms with Crippen molar-refractivity contribution in [3.05, 3.63) is 30.1 Å².